The highest BCUT2D eigenvalue weighted by atomic mass is 16.6. The van der Waals surface area contributed by atoms with Crippen LogP contribution in [0, 0.1) is 23.2 Å². The molecule has 0 amide bonds. The third-order valence-electron chi connectivity index (χ3n) is 8.71. The fourth-order valence-corrected chi connectivity index (χ4v) is 7.36. The van der Waals surface area contributed by atoms with Gasteiger partial charge in [-0.25, -0.2) is 4.79 Å². The maximum Gasteiger partial charge on any atom is 0.338 e. The number of hydrogen-bond donors (Lipinski definition) is 0. The molecule has 4 rings (SSSR count). The number of rotatable bonds is 5. The van der Waals surface area contributed by atoms with Gasteiger partial charge in [0.15, 0.2) is 0 Å². The summed E-state index contributed by atoms with van der Waals surface area (Å²) in [6.07, 6.45) is -1.69. The van der Waals surface area contributed by atoms with Crippen molar-refractivity contribution in [2.75, 3.05) is 7.11 Å². The number of esters is 4. The number of ether oxygens (including phenoxy) is 5. The summed E-state index contributed by atoms with van der Waals surface area (Å²) in [5.41, 5.74) is -3.13. The second kappa shape index (κ2) is 9.42. The van der Waals surface area contributed by atoms with Crippen molar-refractivity contribution in [1.82, 2.24) is 0 Å². The Kier molecular flexibility index (Phi) is 6.90. The van der Waals surface area contributed by atoms with Gasteiger partial charge in [0.2, 0.25) is 0 Å². The molecule has 2 saturated carbocycles. The number of fused-ring (bicyclic) bond motifs is 1. The lowest BCUT2D eigenvalue weighted by atomic mass is 9.46. The highest BCUT2D eigenvalue weighted by Crippen LogP contribution is 2.69. The van der Waals surface area contributed by atoms with Crippen LogP contribution in [-0.4, -0.2) is 60.5 Å². The van der Waals surface area contributed by atoms with E-state index in [1.54, 1.807) is 30.3 Å². The Bertz CT molecular complexity index is 1080. The molecule has 0 N–H and O–H groups in total. The van der Waals surface area contributed by atoms with Crippen LogP contribution >= 0.6 is 0 Å². The quantitative estimate of drug-likeness (QED) is 0.428. The Morgan fingerprint density at radius 1 is 0.892 bits per heavy atom. The number of hydrogen-bond acceptors (Lipinski definition) is 9. The first-order valence-corrected chi connectivity index (χ1v) is 12.7. The predicted molar refractivity (Wildman–Crippen MR) is 130 cm³/mol. The Hall–Kier alpha value is -2.94. The van der Waals surface area contributed by atoms with E-state index >= 15 is 0 Å². The van der Waals surface area contributed by atoms with Crippen LogP contribution in [0.1, 0.15) is 64.7 Å². The molecule has 2 bridgehead atoms. The van der Waals surface area contributed by atoms with E-state index in [9.17, 15) is 19.2 Å². The van der Waals surface area contributed by atoms with E-state index in [0.29, 0.717) is 18.4 Å². The molecule has 9 heteroatoms. The van der Waals surface area contributed by atoms with Crippen molar-refractivity contribution in [2.24, 2.45) is 23.2 Å². The SMILES string of the molecule is COC(=O)C1C2C(OC(C)=O)C3(OC2(C)C)C(C)CCC(OC(C)=O)C3(C)C1OC(=O)c1ccccc1. The molecular weight excluding hydrogens is 480 g/mol. The molecule has 1 spiro atoms. The molecule has 202 valence electrons. The molecule has 1 aromatic carbocycles. The summed E-state index contributed by atoms with van der Waals surface area (Å²) in [5.74, 6) is -4.22. The molecule has 1 heterocycles. The molecule has 3 aliphatic rings. The Labute approximate surface area is 217 Å². The van der Waals surface area contributed by atoms with Crippen LogP contribution in [0.4, 0.5) is 0 Å². The van der Waals surface area contributed by atoms with Crippen LogP contribution in [0.15, 0.2) is 30.3 Å². The topological polar surface area (TPSA) is 114 Å². The standard InChI is InChI=1S/C28H36O9/c1-15-13-14-19(34-16(2)29)27(6)22(36-24(31)18-11-9-8-10-12-18)20(25(32)33-7)21-23(35-17(3)30)28(15,27)37-26(21,4)5/h8-12,15,19-23H,13-14H2,1-7H3. The van der Waals surface area contributed by atoms with Crippen molar-refractivity contribution >= 4 is 23.9 Å². The largest absolute Gasteiger partial charge is 0.469 e. The summed E-state index contributed by atoms with van der Waals surface area (Å²) in [7, 11) is 1.26. The lowest BCUT2D eigenvalue weighted by Crippen LogP contribution is -2.76. The van der Waals surface area contributed by atoms with Crippen molar-refractivity contribution in [3.8, 4) is 0 Å². The van der Waals surface area contributed by atoms with E-state index < -0.39 is 70.6 Å². The van der Waals surface area contributed by atoms with Crippen LogP contribution in [-0.2, 0) is 38.1 Å². The third kappa shape index (κ3) is 4.02. The van der Waals surface area contributed by atoms with E-state index in [1.807, 2.05) is 27.7 Å². The van der Waals surface area contributed by atoms with Gasteiger partial charge in [-0.1, -0.05) is 25.1 Å². The molecule has 8 unspecified atom stereocenters. The van der Waals surface area contributed by atoms with Crippen molar-refractivity contribution in [1.29, 1.82) is 0 Å². The minimum absolute atomic E-state index is 0.186. The first kappa shape index (κ1) is 27.1. The summed E-state index contributed by atoms with van der Waals surface area (Å²) in [4.78, 5) is 51.6. The number of methoxy groups -OCH3 is 1. The van der Waals surface area contributed by atoms with Gasteiger partial charge in [-0.15, -0.1) is 0 Å². The van der Waals surface area contributed by atoms with Crippen LogP contribution in [0.3, 0.4) is 0 Å². The molecule has 8 atom stereocenters. The number of carbonyl (C=O) groups is 4. The fourth-order valence-electron chi connectivity index (χ4n) is 7.36. The number of carbonyl (C=O) groups excluding carboxylic acids is 4. The number of benzene rings is 1. The first-order chi connectivity index (χ1) is 17.3. The Morgan fingerprint density at radius 3 is 2.08 bits per heavy atom. The lowest BCUT2D eigenvalue weighted by molar-refractivity contribution is -0.292. The second-order valence-corrected chi connectivity index (χ2v) is 11.2. The summed E-state index contributed by atoms with van der Waals surface area (Å²) in [6.45, 7) is 10.1. The molecule has 1 aliphatic heterocycles. The van der Waals surface area contributed by atoms with E-state index in [2.05, 4.69) is 0 Å². The molecule has 2 aliphatic carbocycles. The molecule has 37 heavy (non-hydrogen) atoms. The Morgan fingerprint density at radius 2 is 1.51 bits per heavy atom. The van der Waals surface area contributed by atoms with Crippen LogP contribution in [0.5, 0.6) is 0 Å². The van der Waals surface area contributed by atoms with Crippen LogP contribution < -0.4 is 0 Å². The van der Waals surface area contributed by atoms with Gasteiger partial charge in [0, 0.05) is 19.8 Å². The maximum atomic E-state index is 13.5. The van der Waals surface area contributed by atoms with E-state index in [0.717, 1.165) is 0 Å². The van der Waals surface area contributed by atoms with Gasteiger partial charge in [0.25, 0.3) is 0 Å². The average molecular weight is 517 g/mol. The zero-order valence-electron chi connectivity index (χ0n) is 22.4. The summed E-state index contributed by atoms with van der Waals surface area (Å²) < 4.78 is 30.2. The molecule has 1 saturated heterocycles. The van der Waals surface area contributed by atoms with Gasteiger partial charge in [0.1, 0.15) is 29.8 Å². The van der Waals surface area contributed by atoms with Crippen molar-refractivity contribution in [2.45, 2.75) is 83.9 Å². The molecule has 1 aromatic rings. The van der Waals surface area contributed by atoms with Crippen LogP contribution in [0.25, 0.3) is 0 Å². The van der Waals surface area contributed by atoms with Gasteiger partial charge in [-0.05, 0) is 51.7 Å². The van der Waals surface area contributed by atoms with Crippen molar-refractivity contribution in [3.63, 3.8) is 0 Å². The van der Waals surface area contributed by atoms with Crippen molar-refractivity contribution in [3.05, 3.63) is 35.9 Å². The van der Waals surface area contributed by atoms with Crippen LogP contribution in [0.2, 0.25) is 0 Å². The maximum absolute atomic E-state index is 13.5. The molecular formula is C28H36O9. The normalized spacial score (nSPS) is 37.6. The molecule has 0 radical (unpaired) electrons. The van der Waals surface area contributed by atoms with Gasteiger partial charge >= 0.3 is 23.9 Å². The van der Waals surface area contributed by atoms with Gasteiger partial charge in [0.05, 0.1) is 23.7 Å². The fraction of sp³-hybridized carbons (Fsp3) is 0.643. The van der Waals surface area contributed by atoms with Gasteiger partial charge in [-0.3, -0.25) is 14.4 Å². The summed E-state index contributed by atoms with van der Waals surface area (Å²) in [5, 5.41) is 0. The molecule has 3 fully saturated rings. The van der Waals surface area contributed by atoms with E-state index in [-0.39, 0.29) is 5.92 Å². The average Bonchev–Trinajstić information content (AvgIpc) is 3.02. The van der Waals surface area contributed by atoms with Gasteiger partial charge in [-0.2, -0.15) is 0 Å². The Balaban J connectivity index is 1.98. The zero-order chi connectivity index (χ0) is 27.3. The van der Waals surface area contributed by atoms with E-state index in [1.165, 1.54) is 21.0 Å². The highest BCUT2D eigenvalue weighted by Gasteiger charge is 2.82. The minimum Gasteiger partial charge on any atom is -0.469 e. The minimum atomic E-state index is -1.26. The second-order valence-electron chi connectivity index (χ2n) is 11.2. The molecule has 0 aromatic heterocycles. The zero-order valence-corrected chi connectivity index (χ0v) is 22.4. The van der Waals surface area contributed by atoms with Crippen molar-refractivity contribution < 1.29 is 42.9 Å². The predicted octanol–water partition coefficient (Wildman–Crippen LogP) is 3.48. The van der Waals surface area contributed by atoms with E-state index in [4.69, 9.17) is 23.7 Å². The summed E-state index contributed by atoms with van der Waals surface area (Å²) >= 11 is 0. The lowest BCUT2D eigenvalue weighted by Gasteiger charge is -2.62. The monoisotopic (exact) mass is 516 g/mol. The third-order valence-corrected chi connectivity index (χ3v) is 8.71. The van der Waals surface area contributed by atoms with Gasteiger partial charge < -0.3 is 23.7 Å². The highest BCUT2D eigenvalue weighted by molar-refractivity contribution is 5.90. The first-order valence-electron chi connectivity index (χ1n) is 12.7. The smallest absolute Gasteiger partial charge is 0.338 e. The molecule has 9 nitrogen and oxygen atoms in total. The summed E-state index contributed by atoms with van der Waals surface area (Å²) in [6, 6.07) is 8.47.